The number of hydrogen-bond donors (Lipinski definition) is 0. The minimum absolute atomic E-state index is 0.00554. The molecule has 0 atom stereocenters. The fourth-order valence-electron chi connectivity index (χ4n) is 4.79. The number of fused-ring (bicyclic) bond motifs is 2. The molecular weight excluding hydrogens is 450 g/mol. The molecule has 0 spiro atoms. The number of hydrogen-bond acceptors (Lipinski definition) is 4. The van der Waals surface area contributed by atoms with E-state index in [2.05, 4.69) is 0 Å². The van der Waals surface area contributed by atoms with Crippen molar-refractivity contribution in [3.8, 4) is 5.69 Å². The molecule has 0 fully saturated rings. The van der Waals surface area contributed by atoms with Crippen molar-refractivity contribution in [3.63, 3.8) is 0 Å². The summed E-state index contributed by atoms with van der Waals surface area (Å²) in [5.41, 5.74) is 4.89. The van der Waals surface area contributed by atoms with E-state index in [9.17, 15) is 14.4 Å². The topological polar surface area (TPSA) is 69.3 Å². The van der Waals surface area contributed by atoms with E-state index in [0.717, 1.165) is 22.5 Å². The van der Waals surface area contributed by atoms with Crippen molar-refractivity contribution >= 4 is 39.5 Å². The van der Waals surface area contributed by atoms with Crippen molar-refractivity contribution in [2.45, 2.75) is 27.7 Å². The Kier molecular flexibility index (Phi) is 5.77. The summed E-state index contributed by atoms with van der Waals surface area (Å²) < 4.78 is 7.96. The number of ketones is 2. The van der Waals surface area contributed by atoms with E-state index in [1.165, 1.54) is 13.0 Å². The Morgan fingerprint density at radius 1 is 0.861 bits per heavy atom. The van der Waals surface area contributed by atoms with E-state index in [1.54, 1.807) is 25.1 Å². The van der Waals surface area contributed by atoms with Crippen LogP contribution in [0.2, 0.25) is 0 Å². The van der Waals surface area contributed by atoms with Gasteiger partial charge in [-0.25, -0.2) is 0 Å². The van der Waals surface area contributed by atoms with Gasteiger partial charge in [-0.2, -0.15) is 0 Å². The van der Waals surface area contributed by atoms with Gasteiger partial charge in [0.15, 0.2) is 11.6 Å². The molecule has 36 heavy (non-hydrogen) atoms. The highest BCUT2D eigenvalue weighted by Gasteiger charge is 2.23. The summed E-state index contributed by atoms with van der Waals surface area (Å²) in [6, 6.07) is 20.9. The molecule has 0 unspecified atom stereocenters. The number of carbonyl (C=O) groups excluding carboxylic acids is 2. The quantitative estimate of drug-likeness (QED) is 0.208. The van der Waals surface area contributed by atoms with Crippen molar-refractivity contribution < 1.29 is 14.0 Å². The van der Waals surface area contributed by atoms with Crippen molar-refractivity contribution in [2.75, 3.05) is 0 Å². The third-order valence-corrected chi connectivity index (χ3v) is 6.51. The smallest absolute Gasteiger partial charge is 0.204 e. The van der Waals surface area contributed by atoms with Crippen LogP contribution in [0.5, 0.6) is 0 Å². The van der Waals surface area contributed by atoms with Gasteiger partial charge in [0.25, 0.3) is 0 Å². The fraction of sp³-hybridized carbons (Fsp3) is 0.129. The maximum atomic E-state index is 13.6. The fourth-order valence-corrected chi connectivity index (χ4v) is 4.79. The molecule has 3 aromatic carbocycles. The molecule has 5 rings (SSSR count). The molecule has 2 aromatic heterocycles. The number of Topliss-reactive ketones (excluding diaryl/α,β-unsaturated/α-hetero) is 1. The molecule has 0 aliphatic rings. The summed E-state index contributed by atoms with van der Waals surface area (Å²) in [4.78, 5) is 39.2. The molecule has 2 heterocycles. The Hall–Kier alpha value is -4.51. The lowest BCUT2D eigenvalue weighted by Crippen LogP contribution is -2.16. The van der Waals surface area contributed by atoms with Gasteiger partial charge in [-0.05, 0) is 63.6 Å². The van der Waals surface area contributed by atoms with E-state index in [-0.39, 0.29) is 17.1 Å². The van der Waals surface area contributed by atoms with Crippen LogP contribution >= 0.6 is 0 Å². The number of allylic oxidation sites excluding steroid dienone is 1. The number of benzene rings is 3. The lowest BCUT2D eigenvalue weighted by atomic mass is 10.0. The highest BCUT2D eigenvalue weighted by molar-refractivity contribution is 6.13. The third kappa shape index (κ3) is 3.89. The van der Waals surface area contributed by atoms with Gasteiger partial charge < -0.3 is 8.98 Å². The van der Waals surface area contributed by atoms with Crippen LogP contribution in [0.1, 0.15) is 50.2 Å². The second-order valence-corrected chi connectivity index (χ2v) is 9.02. The van der Waals surface area contributed by atoms with Gasteiger partial charge in [-0.1, -0.05) is 54.1 Å². The van der Waals surface area contributed by atoms with Gasteiger partial charge in [0.2, 0.25) is 5.43 Å². The molecule has 0 amide bonds. The van der Waals surface area contributed by atoms with Crippen LogP contribution in [-0.2, 0) is 0 Å². The van der Waals surface area contributed by atoms with Gasteiger partial charge in [-0.3, -0.25) is 14.4 Å². The van der Waals surface area contributed by atoms with Crippen LogP contribution in [0.4, 0.5) is 0 Å². The van der Waals surface area contributed by atoms with E-state index in [0.29, 0.717) is 27.4 Å². The largest absolute Gasteiger partial charge is 0.460 e. The number of aryl methyl sites for hydroxylation is 2. The normalized spacial score (nSPS) is 11.6. The highest BCUT2D eigenvalue weighted by atomic mass is 16.3. The average Bonchev–Trinajstić information content (AvgIpc) is 3.13. The average molecular weight is 476 g/mol. The van der Waals surface area contributed by atoms with E-state index in [4.69, 9.17) is 4.42 Å². The summed E-state index contributed by atoms with van der Waals surface area (Å²) in [6.45, 7) is 7.05. The van der Waals surface area contributed by atoms with Gasteiger partial charge in [0.1, 0.15) is 16.9 Å². The standard InChI is InChI=1S/C31H25NO4/c1-18-10-13-23(14-11-18)32-19(2)29(20(3)33)24-17-28-25(16-26(24)32)31(35)30(21(4)36-28)27(34)15-12-22-8-6-5-7-9-22/h5-17H,1-4H3/b15-12+. The lowest BCUT2D eigenvalue weighted by Gasteiger charge is -2.10. The summed E-state index contributed by atoms with van der Waals surface area (Å²) in [6.07, 6.45) is 3.07. The minimum atomic E-state index is -0.415. The van der Waals surface area contributed by atoms with Crippen LogP contribution in [0.3, 0.4) is 0 Å². The number of rotatable bonds is 5. The molecule has 0 bridgehead atoms. The number of carbonyl (C=O) groups is 2. The Morgan fingerprint density at radius 3 is 2.22 bits per heavy atom. The molecule has 0 radical (unpaired) electrons. The van der Waals surface area contributed by atoms with E-state index < -0.39 is 11.2 Å². The zero-order valence-corrected chi connectivity index (χ0v) is 20.6. The molecule has 0 saturated carbocycles. The monoisotopic (exact) mass is 475 g/mol. The van der Waals surface area contributed by atoms with Crippen molar-refractivity contribution in [2.24, 2.45) is 0 Å². The SMILES string of the molecule is CC(=O)c1c(C)n(-c2ccc(C)cc2)c2cc3c(=O)c(C(=O)/C=C/c4ccccc4)c(C)oc3cc12. The van der Waals surface area contributed by atoms with Crippen LogP contribution in [-0.4, -0.2) is 16.1 Å². The number of nitrogens with zero attached hydrogens (tertiary/aromatic N) is 1. The number of aromatic nitrogens is 1. The van der Waals surface area contributed by atoms with Gasteiger partial charge in [-0.15, -0.1) is 0 Å². The van der Waals surface area contributed by atoms with Crippen molar-refractivity contribution in [1.29, 1.82) is 0 Å². The second-order valence-electron chi connectivity index (χ2n) is 9.02. The van der Waals surface area contributed by atoms with Crippen LogP contribution < -0.4 is 5.43 Å². The predicted molar refractivity (Wildman–Crippen MR) is 143 cm³/mol. The first-order valence-corrected chi connectivity index (χ1v) is 11.7. The Bertz CT molecular complexity index is 1750. The summed E-state index contributed by atoms with van der Waals surface area (Å²) in [5.74, 6) is -0.241. The molecule has 5 aromatic rings. The van der Waals surface area contributed by atoms with Crippen LogP contribution in [0, 0.1) is 20.8 Å². The maximum absolute atomic E-state index is 13.6. The zero-order valence-electron chi connectivity index (χ0n) is 20.6. The molecule has 0 aliphatic heterocycles. The molecule has 0 N–H and O–H groups in total. The zero-order chi connectivity index (χ0) is 25.6. The molecule has 0 saturated heterocycles. The third-order valence-electron chi connectivity index (χ3n) is 6.51. The van der Waals surface area contributed by atoms with Crippen LogP contribution in [0.15, 0.2) is 82.0 Å². The summed E-state index contributed by atoms with van der Waals surface area (Å²) in [5, 5.41) is 1.00. The van der Waals surface area contributed by atoms with Gasteiger partial charge >= 0.3 is 0 Å². The van der Waals surface area contributed by atoms with Gasteiger partial charge in [0, 0.05) is 22.3 Å². The molecule has 5 heteroatoms. The van der Waals surface area contributed by atoms with Crippen LogP contribution in [0.25, 0.3) is 33.6 Å². The molecule has 5 nitrogen and oxygen atoms in total. The summed E-state index contributed by atoms with van der Waals surface area (Å²) >= 11 is 0. The van der Waals surface area contributed by atoms with E-state index >= 15 is 0 Å². The highest BCUT2D eigenvalue weighted by Crippen LogP contribution is 2.33. The maximum Gasteiger partial charge on any atom is 0.204 e. The minimum Gasteiger partial charge on any atom is -0.460 e. The predicted octanol–water partition coefficient (Wildman–Crippen LogP) is 6.76. The van der Waals surface area contributed by atoms with Crippen molar-refractivity contribution in [1.82, 2.24) is 4.57 Å². The molecule has 178 valence electrons. The Balaban J connectivity index is 1.75. The summed E-state index contributed by atoms with van der Waals surface area (Å²) in [7, 11) is 0. The first-order valence-electron chi connectivity index (χ1n) is 11.7. The second kappa shape index (κ2) is 8.93. The van der Waals surface area contributed by atoms with Crippen molar-refractivity contribution in [3.05, 3.63) is 117 Å². The molecule has 0 aliphatic carbocycles. The first kappa shape index (κ1) is 23.2. The Labute approximate surface area is 208 Å². The lowest BCUT2D eigenvalue weighted by molar-refractivity contribution is 0.101. The molecular formula is C31H25NO4. The Morgan fingerprint density at radius 2 is 1.56 bits per heavy atom. The van der Waals surface area contributed by atoms with E-state index in [1.807, 2.05) is 73.0 Å². The first-order chi connectivity index (χ1) is 17.3. The van der Waals surface area contributed by atoms with Gasteiger partial charge in [0.05, 0.1) is 10.9 Å².